The van der Waals surface area contributed by atoms with Crippen molar-refractivity contribution in [2.45, 2.75) is 27.2 Å². The van der Waals surface area contributed by atoms with E-state index in [4.69, 9.17) is 11.6 Å². The maximum Gasteiger partial charge on any atom is 0.161 e. The van der Waals surface area contributed by atoms with Gasteiger partial charge in [-0.1, -0.05) is 23.7 Å². The molecule has 1 aromatic carbocycles. The molecule has 0 unspecified atom stereocenters. The number of Topliss-reactive ketones (excluding diaryl/α,β-unsaturated/α-hetero) is 1. The number of thiophene rings is 1. The van der Waals surface area contributed by atoms with E-state index in [0.717, 1.165) is 27.4 Å². The van der Waals surface area contributed by atoms with E-state index in [-0.39, 0.29) is 5.78 Å². The molecule has 94 valence electrons. The van der Waals surface area contributed by atoms with Gasteiger partial charge in [-0.2, -0.15) is 0 Å². The van der Waals surface area contributed by atoms with Crippen molar-refractivity contribution in [1.29, 1.82) is 0 Å². The van der Waals surface area contributed by atoms with E-state index in [1.807, 2.05) is 31.2 Å². The quantitative estimate of drug-likeness (QED) is 0.736. The summed E-state index contributed by atoms with van der Waals surface area (Å²) in [4.78, 5) is 14.1. The predicted molar refractivity (Wildman–Crippen MR) is 78.1 cm³/mol. The minimum Gasteiger partial charge on any atom is -0.294 e. The molecule has 2 rings (SSSR count). The van der Waals surface area contributed by atoms with Gasteiger partial charge in [0.1, 0.15) is 0 Å². The van der Waals surface area contributed by atoms with Crippen LogP contribution in [0.1, 0.15) is 38.2 Å². The van der Waals surface area contributed by atoms with Crippen molar-refractivity contribution in [2.24, 2.45) is 0 Å². The van der Waals surface area contributed by atoms with E-state index in [0.29, 0.717) is 0 Å². The number of rotatable bonds is 3. The first-order valence-electron chi connectivity index (χ1n) is 5.83. The van der Waals surface area contributed by atoms with E-state index in [2.05, 4.69) is 6.92 Å². The Labute approximate surface area is 116 Å². The van der Waals surface area contributed by atoms with E-state index < -0.39 is 0 Å². The summed E-state index contributed by atoms with van der Waals surface area (Å²) < 4.78 is 0. The molecule has 0 radical (unpaired) electrons. The average molecular weight is 279 g/mol. The average Bonchev–Trinajstić information content (AvgIpc) is 2.57. The van der Waals surface area contributed by atoms with Crippen LogP contribution in [0.3, 0.4) is 0 Å². The lowest BCUT2D eigenvalue weighted by Gasteiger charge is -2.05. The fraction of sp³-hybridized carbons (Fsp3) is 0.267. The molecule has 18 heavy (non-hydrogen) atoms. The molecule has 1 heterocycles. The lowest BCUT2D eigenvalue weighted by molar-refractivity contribution is 0.101. The smallest absolute Gasteiger partial charge is 0.161 e. The van der Waals surface area contributed by atoms with Crippen LogP contribution in [0.4, 0.5) is 0 Å². The van der Waals surface area contributed by atoms with E-state index in [1.165, 1.54) is 10.4 Å². The lowest BCUT2D eigenvalue weighted by Crippen LogP contribution is -2.00. The van der Waals surface area contributed by atoms with Crippen LogP contribution in [0, 0.1) is 13.8 Å². The third kappa shape index (κ3) is 2.65. The van der Waals surface area contributed by atoms with Gasteiger partial charge in [0.25, 0.3) is 0 Å². The van der Waals surface area contributed by atoms with Crippen LogP contribution in [0.25, 0.3) is 0 Å². The second-order valence-corrected chi connectivity index (χ2v) is 6.29. The van der Waals surface area contributed by atoms with Crippen molar-refractivity contribution in [3.8, 4) is 0 Å². The normalized spacial score (nSPS) is 10.7. The highest BCUT2D eigenvalue weighted by Crippen LogP contribution is 2.30. The van der Waals surface area contributed by atoms with Gasteiger partial charge in [0.15, 0.2) is 5.78 Å². The van der Waals surface area contributed by atoms with Crippen LogP contribution >= 0.6 is 22.9 Å². The number of halogens is 1. The zero-order valence-corrected chi connectivity index (χ0v) is 12.3. The van der Waals surface area contributed by atoms with Gasteiger partial charge in [-0.25, -0.2) is 0 Å². The number of carbonyl (C=O) groups excluding carboxylic acids is 1. The van der Waals surface area contributed by atoms with Crippen LogP contribution in [0.5, 0.6) is 0 Å². The molecule has 0 spiro atoms. The summed E-state index contributed by atoms with van der Waals surface area (Å²) in [6, 6.07) is 7.80. The van der Waals surface area contributed by atoms with Crippen molar-refractivity contribution < 1.29 is 4.79 Å². The molecule has 0 aliphatic carbocycles. The summed E-state index contributed by atoms with van der Waals surface area (Å²) in [5, 5.41) is 0.740. The standard InChI is InChI=1S/C15H15ClOS/c1-9(17)15-11(3)18-10(2)14(15)8-12-4-6-13(16)7-5-12/h4-7H,8H2,1-3H3. The van der Waals surface area contributed by atoms with Gasteiger partial charge in [-0.15, -0.1) is 11.3 Å². The Morgan fingerprint density at radius 3 is 2.33 bits per heavy atom. The van der Waals surface area contributed by atoms with Crippen LogP contribution in [0.2, 0.25) is 5.02 Å². The molecule has 0 aliphatic rings. The Kier molecular flexibility index (Phi) is 3.88. The van der Waals surface area contributed by atoms with Crippen molar-refractivity contribution in [1.82, 2.24) is 0 Å². The van der Waals surface area contributed by atoms with E-state index >= 15 is 0 Å². The summed E-state index contributed by atoms with van der Waals surface area (Å²) >= 11 is 7.58. The predicted octanol–water partition coefficient (Wildman–Crippen LogP) is 4.81. The summed E-state index contributed by atoms with van der Waals surface area (Å²) in [6.45, 7) is 5.73. The van der Waals surface area contributed by atoms with Gasteiger partial charge < -0.3 is 0 Å². The first-order valence-corrected chi connectivity index (χ1v) is 7.02. The molecule has 1 aromatic heterocycles. The largest absolute Gasteiger partial charge is 0.294 e. The van der Waals surface area contributed by atoms with Crippen LogP contribution in [-0.2, 0) is 6.42 Å². The molecule has 0 fully saturated rings. The molecule has 0 aliphatic heterocycles. The molecular formula is C15H15ClOS. The summed E-state index contributed by atoms with van der Waals surface area (Å²) in [5.41, 5.74) is 3.24. The van der Waals surface area contributed by atoms with Crippen molar-refractivity contribution in [3.05, 3.63) is 55.7 Å². The fourth-order valence-corrected chi connectivity index (χ4v) is 3.46. The highest BCUT2D eigenvalue weighted by Gasteiger charge is 2.16. The third-order valence-electron chi connectivity index (χ3n) is 3.03. The Bertz CT molecular complexity index is 581. The van der Waals surface area contributed by atoms with Crippen LogP contribution in [0.15, 0.2) is 24.3 Å². The number of hydrogen-bond acceptors (Lipinski definition) is 2. The molecule has 0 atom stereocenters. The summed E-state index contributed by atoms with van der Waals surface area (Å²) in [6.07, 6.45) is 0.794. The van der Waals surface area contributed by atoms with Gasteiger partial charge in [-0.05, 0) is 50.5 Å². The number of hydrogen-bond donors (Lipinski definition) is 0. The highest BCUT2D eigenvalue weighted by atomic mass is 35.5. The van der Waals surface area contributed by atoms with E-state index in [9.17, 15) is 4.79 Å². The second kappa shape index (κ2) is 5.25. The topological polar surface area (TPSA) is 17.1 Å². The first-order chi connectivity index (χ1) is 8.49. The lowest BCUT2D eigenvalue weighted by atomic mass is 9.98. The zero-order valence-electron chi connectivity index (χ0n) is 10.7. The Balaban J connectivity index is 2.39. The van der Waals surface area contributed by atoms with Crippen LogP contribution < -0.4 is 0 Å². The second-order valence-electron chi connectivity index (χ2n) is 4.43. The number of carbonyl (C=O) groups is 1. The first kappa shape index (κ1) is 13.3. The third-order valence-corrected chi connectivity index (χ3v) is 4.35. The van der Waals surface area contributed by atoms with E-state index in [1.54, 1.807) is 18.3 Å². The summed E-state index contributed by atoms with van der Waals surface area (Å²) in [5.74, 6) is 0.154. The molecule has 0 amide bonds. The van der Waals surface area contributed by atoms with Crippen LogP contribution in [-0.4, -0.2) is 5.78 Å². The van der Waals surface area contributed by atoms with Gasteiger partial charge >= 0.3 is 0 Å². The number of benzene rings is 1. The highest BCUT2D eigenvalue weighted by molar-refractivity contribution is 7.12. The van der Waals surface area contributed by atoms with Gasteiger partial charge in [-0.3, -0.25) is 4.79 Å². The minimum atomic E-state index is 0.154. The minimum absolute atomic E-state index is 0.154. The molecule has 0 saturated heterocycles. The fourth-order valence-electron chi connectivity index (χ4n) is 2.21. The maximum absolute atomic E-state index is 11.7. The van der Waals surface area contributed by atoms with Crippen molar-refractivity contribution in [2.75, 3.05) is 0 Å². The molecule has 0 saturated carbocycles. The monoisotopic (exact) mass is 278 g/mol. The maximum atomic E-state index is 11.7. The number of aryl methyl sites for hydroxylation is 2. The molecule has 2 aromatic rings. The molecule has 3 heteroatoms. The summed E-state index contributed by atoms with van der Waals surface area (Å²) in [7, 11) is 0. The van der Waals surface area contributed by atoms with Crippen molar-refractivity contribution in [3.63, 3.8) is 0 Å². The number of ketones is 1. The van der Waals surface area contributed by atoms with Crippen molar-refractivity contribution >= 4 is 28.7 Å². The molecule has 0 N–H and O–H groups in total. The Morgan fingerprint density at radius 1 is 1.17 bits per heavy atom. The SMILES string of the molecule is CC(=O)c1c(C)sc(C)c1Cc1ccc(Cl)cc1. The Hall–Kier alpha value is -1.12. The van der Waals surface area contributed by atoms with Gasteiger partial charge in [0, 0.05) is 20.3 Å². The van der Waals surface area contributed by atoms with Gasteiger partial charge in [0.2, 0.25) is 0 Å². The Morgan fingerprint density at radius 2 is 1.78 bits per heavy atom. The molecule has 1 nitrogen and oxygen atoms in total. The molecule has 0 bridgehead atoms. The van der Waals surface area contributed by atoms with Gasteiger partial charge in [0.05, 0.1) is 0 Å². The zero-order chi connectivity index (χ0) is 13.3. The molecular weight excluding hydrogens is 264 g/mol.